The number of nitrogens with one attached hydrogen (secondary N) is 1. The van der Waals surface area contributed by atoms with Crippen LogP contribution in [0.5, 0.6) is 0 Å². The molecule has 7 atom stereocenters. The molecule has 0 aromatic carbocycles. The van der Waals surface area contributed by atoms with E-state index >= 15 is 0 Å². The van der Waals surface area contributed by atoms with Crippen LogP contribution < -0.4 is 5.32 Å². The molecule has 0 aromatic rings. The lowest BCUT2D eigenvalue weighted by Crippen LogP contribution is -2.60. The van der Waals surface area contributed by atoms with Gasteiger partial charge in [-0.2, -0.15) is 0 Å². The summed E-state index contributed by atoms with van der Waals surface area (Å²) >= 11 is 0. The second-order valence-corrected chi connectivity index (χ2v) is 18.0. The molecular weight excluding hydrogens is 743 g/mol. The van der Waals surface area contributed by atoms with Crippen molar-refractivity contribution >= 4 is 5.91 Å². The monoisotopic (exact) mass is 840 g/mol. The van der Waals surface area contributed by atoms with Gasteiger partial charge in [0.1, 0.15) is 24.4 Å². The number of hydrogen-bond acceptors (Lipinski definition) is 8. The first-order valence-electron chi connectivity index (χ1n) is 25.4. The molecule has 9 nitrogen and oxygen atoms in total. The van der Waals surface area contributed by atoms with Crippen LogP contribution in [0.25, 0.3) is 0 Å². The van der Waals surface area contributed by atoms with Crippen LogP contribution >= 0.6 is 0 Å². The molecule has 0 saturated carbocycles. The van der Waals surface area contributed by atoms with Crippen molar-refractivity contribution in [1.82, 2.24) is 5.32 Å². The van der Waals surface area contributed by atoms with Crippen LogP contribution in [0.1, 0.15) is 245 Å². The van der Waals surface area contributed by atoms with E-state index in [2.05, 4.69) is 31.3 Å². The number of aliphatic hydroxyl groups excluding tert-OH is 5. The molecule has 0 spiro atoms. The van der Waals surface area contributed by atoms with E-state index in [9.17, 15) is 30.3 Å². The molecule has 0 bridgehead atoms. The smallest absolute Gasteiger partial charge is 0.220 e. The summed E-state index contributed by atoms with van der Waals surface area (Å²) in [6, 6.07) is -0.714. The highest BCUT2D eigenvalue weighted by atomic mass is 16.7. The van der Waals surface area contributed by atoms with Crippen LogP contribution in [0.4, 0.5) is 0 Å². The maximum atomic E-state index is 13.0. The highest BCUT2D eigenvalue weighted by molar-refractivity contribution is 5.76. The number of carbonyl (C=O) groups excluding carboxylic acids is 1. The van der Waals surface area contributed by atoms with Crippen molar-refractivity contribution in [3.05, 3.63) is 12.2 Å². The second-order valence-electron chi connectivity index (χ2n) is 18.0. The average Bonchev–Trinajstić information content (AvgIpc) is 3.23. The Morgan fingerprint density at radius 3 is 1.37 bits per heavy atom. The summed E-state index contributed by atoms with van der Waals surface area (Å²) in [4.78, 5) is 13.0. The summed E-state index contributed by atoms with van der Waals surface area (Å²) < 4.78 is 11.2. The molecular formula is C50H97NO8. The number of unbranched alkanes of at least 4 members (excludes halogenated alkanes) is 31. The minimum atomic E-state index is -1.55. The first-order valence-corrected chi connectivity index (χ1v) is 25.4. The molecule has 9 heteroatoms. The largest absolute Gasteiger partial charge is 0.394 e. The Hall–Kier alpha value is -1.07. The summed E-state index contributed by atoms with van der Waals surface area (Å²) in [7, 11) is 0. The van der Waals surface area contributed by atoms with Gasteiger partial charge >= 0.3 is 0 Å². The van der Waals surface area contributed by atoms with Crippen LogP contribution in [-0.4, -0.2) is 87.5 Å². The first kappa shape index (κ1) is 55.9. The van der Waals surface area contributed by atoms with Gasteiger partial charge in [-0.3, -0.25) is 4.79 Å². The molecule has 0 aromatic heterocycles. The molecule has 1 amide bonds. The summed E-state index contributed by atoms with van der Waals surface area (Å²) in [5, 5.41) is 54.2. The summed E-state index contributed by atoms with van der Waals surface area (Å²) in [5.74, 6) is -0.145. The van der Waals surface area contributed by atoms with E-state index in [0.29, 0.717) is 12.8 Å². The number of ether oxygens (including phenoxy) is 2. The Kier molecular flexibility index (Phi) is 38.9. The fraction of sp³-hybridized carbons (Fsp3) is 0.940. The van der Waals surface area contributed by atoms with Gasteiger partial charge in [-0.15, -0.1) is 0 Å². The SMILES string of the molecule is CCCCCCCCCCCCCC/C=C\CCCCCCCCCCCCCC(=O)NC(COC1OC(CO)C(O)C(O)C1O)C(O)CCCCCCCCCCC. The Balaban J connectivity index is 2.14. The van der Waals surface area contributed by atoms with Gasteiger partial charge in [0.2, 0.25) is 5.91 Å². The Morgan fingerprint density at radius 1 is 0.559 bits per heavy atom. The molecule has 7 unspecified atom stereocenters. The number of carbonyl (C=O) groups is 1. The van der Waals surface area contributed by atoms with E-state index in [-0.39, 0.29) is 12.5 Å². The third kappa shape index (κ3) is 31.4. The van der Waals surface area contributed by atoms with Gasteiger partial charge in [-0.25, -0.2) is 0 Å². The minimum Gasteiger partial charge on any atom is -0.394 e. The molecule has 350 valence electrons. The van der Waals surface area contributed by atoms with Gasteiger partial charge in [0, 0.05) is 6.42 Å². The van der Waals surface area contributed by atoms with Crippen molar-refractivity contribution < 1.29 is 39.8 Å². The topological polar surface area (TPSA) is 149 Å². The van der Waals surface area contributed by atoms with Crippen LogP contribution in [0.3, 0.4) is 0 Å². The van der Waals surface area contributed by atoms with Crippen LogP contribution in [0.2, 0.25) is 0 Å². The van der Waals surface area contributed by atoms with Gasteiger partial charge in [-0.05, 0) is 38.5 Å². The lowest BCUT2D eigenvalue weighted by molar-refractivity contribution is -0.302. The molecule has 1 aliphatic rings. The highest BCUT2D eigenvalue weighted by Crippen LogP contribution is 2.23. The van der Waals surface area contributed by atoms with E-state index in [0.717, 1.165) is 38.5 Å². The van der Waals surface area contributed by atoms with Crippen molar-refractivity contribution in [2.45, 2.75) is 288 Å². The molecule has 1 aliphatic heterocycles. The number of allylic oxidation sites excluding steroid dienone is 2. The van der Waals surface area contributed by atoms with E-state index < -0.39 is 49.5 Å². The van der Waals surface area contributed by atoms with Crippen LogP contribution in [0.15, 0.2) is 12.2 Å². The third-order valence-electron chi connectivity index (χ3n) is 12.4. The average molecular weight is 840 g/mol. The number of rotatable bonds is 43. The van der Waals surface area contributed by atoms with E-state index in [1.807, 2.05) is 0 Å². The van der Waals surface area contributed by atoms with Crippen molar-refractivity contribution in [2.75, 3.05) is 13.2 Å². The number of aliphatic hydroxyl groups is 5. The predicted octanol–water partition coefficient (Wildman–Crippen LogP) is 11.3. The minimum absolute atomic E-state index is 0.135. The summed E-state index contributed by atoms with van der Waals surface area (Å²) in [6.07, 6.45) is 41.1. The Bertz CT molecular complexity index is 935. The molecule has 59 heavy (non-hydrogen) atoms. The molecule has 6 N–H and O–H groups in total. The molecule has 1 fully saturated rings. The van der Waals surface area contributed by atoms with Crippen molar-refractivity contribution in [3.8, 4) is 0 Å². The van der Waals surface area contributed by atoms with E-state index in [1.165, 1.54) is 180 Å². The molecule has 1 heterocycles. The fourth-order valence-corrected chi connectivity index (χ4v) is 8.27. The first-order chi connectivity index (χ1) is 28.8. The van der Waals surface area contributed by atoms with Gasteiger partial charge in [0.25, 0.3) is 0 Å². The maximum Gasteiger partial charge on any atom is 0.220 e. The lowest BCUT2D eigenvalue weighted by Gasteiger charge is -2.40. The van der Waals surface area contributed by atoms with Gasteiger partial charge in [-0.1, -0.05) is 212 Å². The van der Waals surface area contributed by atoms with Gasteiger partial charge < -0.3 is 40.3 Å². The Morgan fingerprint density at radius 2 is 0.949 bits per heavy atom. The normalized spacial score (nSPS) is 20.7. The standard InChI is InChI=1S/C50H97NO8/c1-3-5-7-9-11-13-14-15-16-17-18-19-20-21-22-23-24-25-26-27-28-29-30-32-34-36-38-40-46(54)51-43(44(53)39-37-35-33-31-12-10-8-6-4-2)42-58-50-49(57)48(56)47(55)45(41-52)59-50/h21-22,43-45,47-50,52-53,55-57H,3-20,23-42H2,1-2H3,(H,51,54)/b22-21-. The van der Waals surface area contributed by atoms with Crippen LogP contribution in [0, 0.1) is 0 Å². The molecule has 1 saturated heterocycles. The zero-order valence-corrected chi connectivity index (χ0v) is 38.5. The predicted molar refractivity (Wildman–Crippen MR) is 244 cm³/mol. The summed E-state index contributed by atoms with van der Waals surface area (Å²) in [6.45, 7) is 3.82. The zero-order chi connectivity index (χ0) is 43.0. The molecule has 1 rings (SSSR count). The number of amides is 1. The fourth-order valence-electron chi connectivity index (χ4n) is 8.27. The van der Waals surface area contributed by atoms with Crippen LogP contribution in [-0.2, 0) is 14.3 Å². The van der Waals surface area contributed by atoms with Gasteiger partial charge in [0.05, 0.1) is 25.4 Å². The van der Waals surface area contributed by atoms with Crippen molar-refractivity contribution in [3.63, 3.8) is 0 Å². The molecule has 0 aliphatic carbocycles. The summed E-state index contributed by atoms with van der Waals surface area (Å²) in [5.41, 5.74) is 0. The third-order valence-corrected chi connectivity index (χ3v) is 12.4. The second kappa shape index (κ2) is 41.0. The van der Waals surface area contributed by atoms with Gasteiger partial charge in [0.15, 0.2) is 6.29 Å². The lowest BCUT2D eigenvalue weighted by atomic mass is 9.99. The Labute approximate surface area is 363 Å². The number of hydrogen-bond donors (Lipinski definition) is 6. The quantitative estimate of drug-likeness (QED) is 0.0263. The highest BCUT2D eigenvalue weighted by Gasteiger charge is 2.44. The van der Waals surface area contributed by atoms with Crippen molar-refractivity contribution in [1.29, 1.82) is 0 Å². The van der Waals surface area contributed by atoms with E-state index in [4.69, 9.17) is 9.47 Å². The van der Waals surface area contributed by atoms with Crippen molar-refractivity contribution in [2.24, 2.45) is 0 Å². The zero-order valence-electron chi connectivity index (χ0n) is 38.5. The maximum absolute atomic E-state index is 13.0. The molecule has 0 radical (unpaired) electrons. The van der Waals surface area contributed by atoms with E-state index in [1.54, 1.807) is 0 Å².